The summed E-state index contributed by atoms with van der Waals surface area (Å²) in [4.78, 5) is 8.49. The van der Waals surface area contributed by atoms with Gasteiger partial charge in [0.2, 0.25) is 5.82 Å². The predicted octanol–water partition coefficient (Wildman–Crippen LogP) is 3.97. The molecule has 1 aromatic carbocycles. The monoisotopic (exact) mass is 281 g/mol. The summed E-state index contributed by atoms with van der Waals surface area (Å²) < 4.78 is 10.5. The molecule has 2 aromatic heterocycles. The number of rotatable bonds is 3. The molecule has 1 saturated carbocycles. The largest absolute Gasteiger partial charge is 0.448 e. The minimum absolute atomic E-state index is 0.458. The molecule has 1 aliphatic carbocycles. The molecule has 106 valence electrons. The van der Waals surface area contributed by atoms with Crippen molar-refractivity contribution in [2.75, 3.05) is 0 Å². The highest BCUT2D eigenvalue weighted by Crippen LogP contribution is 2.36. The Morgan fingerprint density at radius 1 is 1.14 bits per heavy atom. The van der Waals surface area contributed by atoms with Crippen LogP contribution in [0.3, 0.4) is 0 Å². The summed E-state index contributed by atoms with van der Waals surface area (Å²) in [6.45, 7) is 1.83. The molecule has 0 bridgehead atoms. The van der Waals surface area contributed by atoms with E-state index in [0.717, 1.165) is 11.5 Å². The highest BCUT2D eigenvalue weighted by Gasteiger charge is 2.20. The molecule has 0 spiro atoms. The summed E-state index contributed by atoms with van der Waals surface area (Å²) in [5.74, 6) is 2.38. The van der Waals surface area contributed by atoms with Crippen molar-refractivity contribution in [2.45, 2.75) is 32.1 Å². The third-order valence-electron chi connectivity index (χ3n) is 4.12. The van der Waals surface area contributed by atoms with Crippen molar-refractivity contribution in [1.29, 1.82) is 0 Å². The molecule has 3 aromatic rings. The first kappa shape index (κ1) is 12.3. The van der Waals surface area contributed by atoms with Crippen LogP contribution in [0.1, 0.15) is 36.5 Å². The Bertz CT molecular complexity index is 754. The van der Waals surface area contributed by atoms with E-state index in [-0.39, 0.29) is 0 Å². The maximum atomic E-state index is 5.33. The fourth-order valence-electron chi connectivity index (χ4n) is 2.60. The molecule has 1 aliphatic rings. The second kappa shape index (κ2) is 4.84. The molecule has 0 radical (unpaired) electrons. The molecular formula is C16H15N3O2. The van der Waals surface area contributed by atoms with Crippen molar-refractivity contribution in [1.82, 2.24) is 15.1 Å². The van der Waals surface area contributed by atoms with Crippen molar-refractivity contribution in [2.24, 2.45) is 0 Å². The van der Waals surface area contributed by atoms with Gasteiger partial charge < -0.3 is 8.94 Å². The van der Waals surface area contributed by atoms with Crippen LogP contribution in [0.4, 0.5) is 0 Å². The van der Waals surface area contributed by atoms with E-state index in [1.165, 1.54) is 31.2 Å². The Morgan fingerprint density at radius 3 is 2.57 bits per heavy atom. The lowest BCUT2D eigenvalue weighted by molar-refractivity contribution is 0.419. The molecule has 21 heavy (non-hydrogen) atoms. The van der Waals surface area contributed by atoms with Crippen LogP contribution in [0.2, 0.25) is 0 Å². The minimum Gasteiger partial charge on any atom is -0.448 e. The normalized spacial score (nSPS) is 15.1. The Morgan fingerprint density at radius 2 is 1.95 bits per heavy atom. The van der Waals surface area contributed by atoms with Gasteiger partial charge in [0, 0.05) is 5.56 Å². The van der Waals surface area contributed by atoms with Crippen molar-refractivity contribution in [3.8, 4) is 23.0 Å². The number of oxazole rings is 1. The third kappa shape index (κ3) is 2.14. The van der Waals surface area contributed by atoms with Crippen LogP contribution >= 0.6 is 0 Å². The van der Waals surface area contributed by atoms with Crippen LogP contribution < -0.4 is 0 Å². The highest BCUT2D eigenvalue weighted by atomic mass is 16.5. The summed E-state index contributed by atoms with van der Waals surface area (Å²) in [7, 11) is 0. The quantitative estimate of drug-likeness (QED) is 0.726. The van der Waals surface area contributed by atoms with Gasteiger partial charge in [-0.2, -0.15) is 4.98 Å². The molecule has 4 rings (SSSR count). The first-order valence-corrected chi connectivity index (χ1v) is 7.16. The fraction of sp³-hybridized carbons (Fsp3) is 0.312. The van der Waals surface area contributed by atoms with Crippen molar-refractivity contribution in [3.63, 3.8) is 0 Å². The van der Waals surface area contributed by atoms with Crippen LogP contribution in [0.5, 0.6) is 0 Å². The fourth-order valence-corrected chi connectivity index (χ4v) is 2.60. The molecule has 0 unspecified atom stereocenters. The molecule has 2 heterocycles. The minimum atomic E-state index is 0.458. The maximum absolute atomic E-state index is 5.33. The Kier molecular flexibility index (Phi) is 2.84. The average molecular weight is 281 g/mol. The zero-order chi connectivity index (χ0) is 14.2. The van der Waals surface area contributed by atoms with Crippen molar-refractivity contribution in [3.05, 3.63) is 42.0 Å². The summed E-state index contributed by atoms with van der Waals surface area (Å²) in [6.07, 6.45) is 5.33. The van der Waals surface area contributed by atoms with E-state index >= 15 is 0 Å². The van der Waals surface area contributed by atoms with E-state index in [9.17, 15) is 0 Å². The smallest absolute Gasteiger partial charge is 0.258 e. The van der Waals surface area contributed by atoms with Gasteiger partial charge in [-0.05, 0) is 43.4 Å². The number of hydrogen-bond donors (Lipinski definition) is 0. The van der Waals surface area contributed by atoms with Gasteiger partial charge in [-0.1, -0.05) is 23.7 Å². The van der Waals surface area contributed by atoms with Gasteiger partial charge in [0.05, 0.1) is 0 Å². The van der Waals surface area contributed by atoms with Crippen molar-refractivity contribution >= 4 is 0 Å². The summed E-state index contributed by atoms with van der Waals surface area (Å²) in [5, 5.41) is 3.97. The zero-order valence-electron chi connectivity index (χ0n) is 11.7. The van der Waals surface area contributed by atoms with E-state index in [0.29, 0.717) is 23.2 Å². The van der Waals surface area contributed by atoms with E-state index < -0.39 is 0 Å². The van der Waals surface area contributed by atoms with E-state index in [1.807, 2.05) is 19.1 Å². The van der Waals surface area contributed by atoms with Crippen LogP contribution in [0.15, 0.2) is 39.6 Å². The molecule has 5 heteroatoms. The molecule has 0 N–H and O–H groups in total. The van der Waals surface area contributed by atoms with Gasteiger partial charge in [0.15, 0.2) is 12.1 Å². The topological polar surface area (TPSA) is 65.0 Å². The van der Waals surface area contributed by atoms with Gasteiger partial charge in [-0.25, -0.2) is 4.98 Å². The number of benzene rings is 1. The second-order valence-corrected chi connectivity index (χ2v) is 5.43. The van der Waals surface area contributed by atoms with Gasteiger partial charge in [-0.3, -0.25) is 0 Å². The molecule has 5 nitrogen and oxygen atoms in total. The van der Waals surface area contributed by atoms with E-state index in [4.69, 9.17) is 8.94 Å². The zero-order valence-corrected chi connectivity index (χ0v) is 11.7. The number of aromatic nitrogens is 3. The van der Waals surface area contributed by atoms with Gasteiger partial charge in [-0.15, -0.1) is 0 Å². The predicted molar refractivity (Wildman–Crippen MR) is 76.6 cm³/mol. The van der Waals surface area contributed by atoms with Gasteiger partial charge in [0.1, 0.15) is 5.76 Å². The lowest BCUT2D eigenvalue weighted by Crippen LogP contribution is -2.08. The molecule has 0 atom stereocenters. The molecule has 0 saturated heterocycles. The lowest BCUT2D eigenvalue weighted by atomic mass is 9.80. The first-order chi connectivity index (χ1) is 10.3. The molecule has 0 amide bonds. The highest BCUT2D eigenvalue weighted by molar-refractivity contribution is 5.58. The Hall–Kier alpha value is -2.43. The van der Waals surface area contributed by atoms with Gasteiger partial charge >= 0.3 is 0 Å². The SMILES string of the molecule is Cc1ocnc1-c1noc(-c2ccc(C3CCC3)cc2)n1. The molecule has 0 aliphatic heterocycles. The lowest BCUT2D eigenvalue weighted by Gasteiger charge is -2.25. The second-order valence-electron chi connectivity index (χ2n) is 5.43. The maximum Gasteiger partial charge on any atom is 0.258 e. The molecular weight excluding hydrogens is 266 g/mol. The summed E-state index contributed by atoms with van der Waals surface area (Å²) >= 11 is 0. The summed E-state index contributed by atoms with van der Waals surface area (Å²) in [6, 6.07) is 8.40. The van der Waals surface area contributed by atoms with Crippen LogP contribution in [-0.2, 0) is 0 Å². The average Bonchev–Trinajstić information content (AvgIpc) is 3.06. The summed E-state index contributed by atoms with van der Waals surface area (Å²) in [5.41, 5.74) is 2.95. The third-order valence-corrected chi connectivity index (χ3v) is 4.12. The van der Waals surface area contributed by atoms with E-state index in [2.05, 4.69) is 27.3 Å². The van der Waals surface area contributed by atoms with E-state index in [1.54, 1.807) is 0 Å². The number of hydrogen-bond acceptors (Lipinski definition) is 5. The first-order valence-electron chi connectivity index (χ1n) is 7.16. The standard InChI is InChI=1S/C16H15N3O2/c1-10-14(17-9-20-10)15-18-16(21-19-15)13-7-5-12(6-8-13)11-3-2-4-11/h5-9,11H,2-4H2,1H3. The van der Waals surface area contributed by atoms with Crippen molar-refractivity contribution < 1.29 is 8.94 Å². The number of nitrogens with zero attached hydrogens (tertiary/aromatic N) is 3. The van der Waals surface area contributed by atoms with Crippen LogP contribution in [0, 0.1) is 6.92 Å². The van der Waals surface area contributed by atoms with Crippen LogP contribution in [0.25, 0.3) is 23.0 Å². The Balaban J connectivity index is 1.61. The number of aryl methyl sites for hydroxylation is 1. The molecule has 1 fully saturated rings. The Labute approximate surface area is 122 Å². The van der Waals surface area contributed by atoms with Gasteiger partial charge in [0.25, 0.3) is 5.89 Å². The van der Waals surface area contributed by atoms with Crippen LogP contribution in [-0.4, -0.2) is 15.1 Å².